The molecule has 2 N–H and O–H groups in total. The van der Waals surface area contributed by atoms with Gasteiger partial charge < -0.3 is 10.6 Å². The first-order valence-electron chi connectivity index (χ1n) is 7.49. The highest BCUT2D eigenvalue weighted by atomic mass is 16.2. The highest BCUT2D eigenvalue weighted by molar-refractivity contribution is 6.14. The van der Waals surface area contributed by atoms with Crippen LogP contribution in [0.2, 0.25) is 0 Å². The van der Waals surface area contributed by atoms with Crippen molar-refractivity contribution in [3.05, 3.63) is 65.7 Å². The Labute approximate surface area is 129 Å². The number of carbonyl (C=O) groups excluding carboxylic acids is 2. The fourth-order valence-electron chi connectivity index (χ4n) is 2.66. The largest absolute Gasteiger partial charge is 0.324 e. The molecule has 22 heavy (non-hydrogen) atoms. The number of hydrogen-bond acceptors (Lipinski definition) is 3. The second-order valence-corrected chi connectivity index (χ2v) is 5.38. The quantitative estimate of drug-likeness (QED) is 0.852. The molecule has 1 saturated heterocycles. The van der Waals surface area contributed by atoms with Crippen LogP contribution in [0.3, 0.4) is 0 Å². The predicted octanol–water partition coefficient (Wildman–Crippen LogP) is 2.61. The smallest absolute Gasteiger partial charge is 0.241 e. The lowest BCUT2D eigenvalue weighted by Gasteiger charge is -2.14. The second-order valence-electron chi connectivity index (χ2n) is 5.38. The van der Waals surface area contributed by atoms with Gasteiger partial charge in [0.1, 0.15) is 0 Å². The number of rotatable bonds is 4. The first-order valence-corrected chi connectivity index (χ1v) is 7.49. The fourth-order valence-corrected chi connectivity index (χ4v) is 2.66. The molecule has 2 aromatic rings. The number of amides is 1. The number of carbonyl (C=O) groups is 2. The number of benzene rings is 2. The third kappa shape index (κ3) is 3.07. The van der Waals surface area contributed by atoms with Crippen LogP contribution in [0, 0.1) is 0 Å². The van der Waals surface area contributed by atoms with Gasteiger partial charge in [-0.3, -0.25) is 9.59 Å². The Morgan fingerprint density at radius 3 is 2.45 bits per heavy atom. The molecule has 1 fully saturated rings. The topological polar surface area (TPSA) is 58.2 Å². The summed E-state index contributed by atoms with van der Waals surface area (Å²) in [7, 11) is 0. The normalized spacial score (nSPS) is 17.2. The lowest BCUT2D eigenvalue weighted by Crippen LogP contribution is -2.35. The highest BCUT2D eigenvalue weighted by Crippen LogP contribution is 2.20. The average molecular weight is 294 g/mol. The predicted molar refractivity (Wildman–Crippen MR) is 86.0 cm³/mol. The zero-order chi connectivity index (χ0) is 15.4. The van der Waals surface area contributed by atoms with E-state index < -0.39 is 0 Å². The number of para-hydroxylation sites is 1. The maximum atomic E-state index is 12.6. The summed E-state index contributed by atoms with van der Waals surface area (Å²) in [5.74, 6) is -0.165. The standard InChI is InChI=1S/C18H18N2O2/c21-17(13-7-2-1-3-8-13)14-9-4-5-10-15(14)20-18(22)16-11-6-12-19-16/h1-5,7-10,16,19H,6,11-12H2,(H,20,22)/t16-/m0/s1. The Balaban J connectivity index is 1.83. The van der Waals surface area contributed by atoms with E-state index in [1.165, 1.54) is 0 Å². The van der Waals surface area contributed by atoms with Crippen molar-refractivity contribution < 1.29 is 9.59 Å². The van der Waals surface area contributed by atoms with E-state index in [1.807, 2.05) is 24.3 Å². The summed E-state index contributed by atoms with van der Waals surface area (Å²) in [6.45, 7) is 0.864. The Morgan fingerprint density at radius 2 is 1.73 bits per heavy atom. The number of hydrogen-bond donors (Lipinski definition) is 2. The number of nitrogens with one attached hydrogen (secondary N) is 2. The van der Waals surface area contributed by atoms with Gasteiger partial charge in [0.15, 0.2) is 5.78 Å². The van der Waals surface area contributed by atoms with Crippen molar-refractivity contribution in [2.45, 2.75) is 18.9 Å². The Hall–Kier alpha value is -2.46. The molecule has 1 aliphatic rings. The summed E-state index contributed by atoms with van der Waals surface area (Å²) in [5, 5.41) is 6.04. The highest BCUT2D eigenvalue weighted by Gasteiger charge is 2.23. The third-order valence-electron chi connectivity index (χ3n) is 3.84. The summed E-state index contributed by atoms with van der Waals surface area (Å²) in [5.41, 5.74) is 1.69. The molecule has 1 amide bonds. The van der Waals surface area contributed by atoms with Crippen LogP contribution in [-0.4, -0.2) is 24.3 Å². The fraction of sp³-hybridized carbons (Fsp3) is 0.222. The van der Waals surface area contributed by atoms with E-state index in [2.05, 4.69) is 10.6 Å². The van der Waals surface area contributed by atoms with Crippen molar-refractivity contribution in [3.8, 4) is 0 Å². The van der Waals surface area contributed by atoms with Crippen LogP contribution in [0.5, 0.6) is 0 Å². The van der Waals surface area contributed by atoms with Crippen LogP contribution >= 0.6 is 0 Å². The summed E-state index contributed by atoms with van der Waals surface area (Å²) in [6.07, 6.45) is 1.84. The van der Waals surface area contributed by atoms with E-state index in [0.717, 1.165) is 19.4 Å². The summed E-state index contributed by atoms with van der Waals surface area (Å²) < 4.78 is 0. The van der Waals surface area contributed by atoms with Crippen LogP contribution in [0.25, 0.3) is 0 Å². The molecule has 0 aromatic heterocycles. The SMILES string of the molecule is O=C(c1ccccc1)c1ccccc1NC(=O)[C@@H]1CCCN1. The average Bonchev–Trinajstić information content (AvgIpc) is 3.10. The molecule has 2 aromatic carbocycles. The van der Waals surface area contributed by atoms with Gasteiger partial charge in [-0.25, -0.2) is 0 Å². The van der Waals surface area contributed by atoms with Crippen molar-refractivity contribution in [3.63, 3.8) is 0 Å². The molecule has 4 heteroatoms. The molecule has 3 rings (SSSR count). The maximum Gasteiger partial charge on any atom is 0.241 e. The van der Waals surface area contributed by atoms with Gasteiger partial charge in [0.2, 0.25) is 5.91 Å². The first-order chi connectivity index (χ1) is 10.8. The molecule has 0 unspecified atom stereocenters. The molecule has 0 radical (unpaired) electrons. The van der Waals surface area contributed by atoms with Crippen LogP contribution in [0.1, 0.15) is 28.8 Å². The monoisotopic (exact) mass is 294 g/mol. The lowest BCUT2D eigenvalue weighted by molar-refractivity contribution is -0.117. The van der Waals surface area contributed by atoms with Crippen molar-refractivity contribution >= 4 is 17.4 Å². The summed E-state index contributed by atoms with van der Waals surface area (Å²) >= 11 is 0. The molecule has 0 spiro atoms. The second kappa shape index (κ2) is 6.54. The minimum atomic E-state index is -0.167. The molecule has 1 heterocycles. The maximum absolute atomic E-state index is 12.6. The van der Waals surface area contributed by atoms with Crippen LogP contribution in [0.4, 0.5) is 5.69 Å². The third-order valence-corrected chi connectivity index (χ3v) is 3.84. The van der Waals surface area contributed by atoms with Crippen molar-refractivity contribution in [2.24, 2.45) is 0 Å². The lowest BCUT2D eigenvalue weighted by atomic mass is 10.0. The molecule has 112 valence electrons. The zero-order valence-electron chi connectivity index (χ0n) is 12.2. The van der Waals surface area contributed by atoms with E-state index in [1.54, 1.807) is 30.3 Å². The van der Waals surface area contributed by atoms with E-state index in [-0.39, 0.29) is 17.7 Å². The summed E-state index contributed by atoms with van der Waals surface area (Å²) in [6, 6.07) is 16.1. The van der Waals surface area contributed by atoms with E-state index in [9.17, 15) is 9.59 Å². The van der Waals surface area contributed by atoms with Crippen molar-refractivity contribution in [2.75, 3.05) is 11.9 Å². The molecular formula is C18H18N2O2. The minimum absolute atomic E-state index is 0.0780. The van der Waals surface area contributed by atoms with Gasteiger partial charge >= 0.3 is 0 Å². The zero-order valence-corrected chi connectivity index (χ0v) is 12.2. The van der Waals surface area contributed by atoms with E-state index >= 15 is 0 Å². The minimum Gasteiger partial charge on any atom is -0.324 e. The number of ketones is 1. The molecule has 0 aliphatic carbocycles. The Kier molecular flexibility index (Phi) is 4.30. The molecule has 0 saturated carbocycles. The molecular weight excluding hydrogens is 276 g/mol. The summed E-state index contributed by atoms with van der Waals surface area (Å²) in [4.78, 5) is 24.8. The van der Waals surface area contributed by atoms with Crippen LogP contribution in [0.15, 0.2) is 54.6 Å². The van der Waals surface area contributed by atoms with Gasteiger partial charge in [-0.05, 0) is 31.5 Å². The van der Waals surface area contributed by atoms with E-state index in [4.69, 9.17) is 0 Å². The molecule has 1 aliphatic heterocycles. The van der Waals surface area contributed by atoms with Gasteiger partial charge in [-0.15, -0.1) is 0 Å². The van der Waals surface area contributed by atoms with Crippen molar-refractivity contribution in [1.82, 2.24) is 5.32 Å². The molecule has 4 nitrogen and oxygen atoms in total. The molecule has 1 atom stereocenters. The van der Waals surface area contributed by atoms with Gasteiger partial charge in [-0.2, -0.15) is 0 Å². The van der Waals surface area contributed by atoms with Gasteiger partial charge in [0.25, 0.3) is 0 Å². The van der Waals surface area contributed by atoms with Crippen LogP contribution < -0.4 is 10.6 Å². The first kappa shape index (κ1) is 14.5. The number of anilines is 1. The van der Waals surface area contributed by atoms with Gasteiger partial charge in [0, 0.05) is 11.1 Å². The van der Waals surface area contributed by atoms with Crippen molar-refractivity contribution in [1.29, 1.82) is 0 Å². The van der Waals surface area contributed by atoms with Gasteiger partial charge in [0.05, 0.1) is 11.7 Å². The van der Waals surface area contributed by atoms with E-state index in [0.29, 0.717) is 16.8 Å². The van der Waals surface area contributed by atoms with Gasteiger partial charge in [-0.1, -0.05) is 42.5 Å². The Morgan fingerprint density at radius 1 is 1.00 bits per heavy atom. The van der Waals surface area contributed by atoms with Crippen LogP contribution in [-0.2, 0) is 4.79 Å². The Bertz CT molecular complexity index is 676. The molecule has 0 bridgehead atoms.